The molecule has 122 valence electrons. The van der Waals surface area contributed by atoms with Gasteiger partial charge in [0.15, 0.2) is 4.34 Å². The van der Waals surface area contributed by atoms with Crippen molar-refractivity contribution in [3.05, 3.63) is 29.3 Å². The molecule has 1 saturated carbocycles. The molecule has 0 radical (unpaired) electrons. The van der Waals surface area contributed by atoms with E-state index in [1.54, 1.807) is 11.8 Å². The molecule has 0 bridgehead atoms. The monoisotopic (exact) mass is 347 g/mol. The van der Waals surface area contributed by atoms with Crippen LogP contribution in [0.1, 0.15) is 43.7 Å². The summed E-state index contributed by atoms with van der Waals surface area (Å²) in [5, 5.41) is 12.7. The molecule has 6 heteroatoms. The van der Waals surface area contributed by atoms with Gasteiger partial charge in [-0.3, -0.25) is 4.79 Å². The van der Waals surface area contributed by atoms with E-state index in [9.17, 15) is 4.79 Å². The number of aryl methyl sites for hydroxylation is 2. The number of aromatic nitrogens is 2. The summed E-state index contributed by atoms with van der Waals surface area (Å²) in [6, 6.07) is 6.31. The van der Waals surface area contributed by atoms with E-state index in [1.807, 2.05) is 0 Å². The van der Waals surface area contributed by atoms with Gasteiger partial charge < -0.3 is 5.32 Å². The van der Waals surface area contributed by atoms with Crippen LogP contribution in [0, 0.1) is 6.92 Å². The molecule has 1 N–H and O–H groups in total. The van der Waals surface area contributed by atoms with E-state index in [0.29, 0.717) is 12.2 Å². The lowest BCUT2D eigenvalue weighted by Crippen LogP contribution is -2.21. The summed E-state index contributed by atoms with van der Waals surface area (Å²) in [6.07, 6.45) is 4.82. The molecule has 0 amide bonds. The first-order valence-corrected chi connectivity index (χ1v) is 9.75. The van der Waals surface area contributed by atoms with Crippen molar-refractivity contribution in [2.24, 2.45) is 0 Å². The minimum Gasteiger partial charge on any atom is -0.330 e. The van der Waals surface area contributed by atoms with Crippen LogP contribution in [0.4, 0.5) is 10.8 Å². The summed E-state index contributed by atoms with van der Waals surface area (Å²) >= 11 is 3.10. The van der Waals surface area contributed by atoms with E-state index in [1.165, 1.54) is 22.5 Å². The lowest BCUT2D eigenvalue weighted by atomic mass is 9.99. The molecule has 0 unspecified atom stereocenters. The van der Waals surface area contributed by atoms with Crippen LogP contribution in [0.2, 0.25) is 0 Å². The Morgan fingerprint density at radius 2 is 2.22 bits per heavy atom. The van der Waals surface area contributed by atoms with Crippen LogP contribution in [0.3, 0.4) is 0 Å². The summed E-state index contributed by atoms with van der Waals surface area (Å²) in [4.78, 5) is 11.9. The van der Waals surface area contributed by atoms with Gasteiger partial charge in [-0.15, -0.1) is 10.2 Å². The SMILES string of the molecule is CCc1cccc(C)c1Nc1nnc(S[C@H]2CCCCC2=O)s1. The van der Waals surface area contributed by atoms with Gasteiger partial charge in [0, 0.05) is 12.1 Å². The number of benzene rings is 1. The molecule has 1 aliphatic carbocycles. The third-order valence-corrected chi connectivity index (χ3v) is 6.36. The number of para-hydroxylation sites is 1. The largest absolute Gasteiger partial charge is 0.330 e. The normalized spacial score (nSPS) is 18.2. The molecule has 1 fully saturated rings. The van der Waals surface area contributed by atoms with E-state index in [2.05, 4.69) is 47.6 Å². The molecule has 1 heterocycles. The summed E-state index contributed by atoms with van der Waals surface area (Å²) in [5.41, 5.74) is 3.60. The van der Waals surface area contributed by atoms with E-state index < -0.39 is 0 Å². The molecule has 23 heavy (non-hydrogen) atoms. The maximum Gasteiger partial charge on any atom is 0.210 e. The van der Waals surface area contributed by atoms with Crippen LogP contribution < -0.4 is 5.32 Å². The van der Waals surface area contributed by atoms with E-state index >= 15 is 0 Å². The fraction of sp³-hybridized carbons (Fsp3) is 0.471. The Kier molecular flexibility index (Phi) is 5.33. The van der Waals surface area contributed by atoms with Gasteiger partial charge in [-0.05, 0) is 37.3 Å². The second kappa shape index (κ2) is 7.45. The van der Waals surface area contributed by atoms with Gasteiger partial charge in [0.1, 0.15) is 5.78 Å². The standard InChI is InChI=1S/C17H21N3OS2/c1-3-12-8-6-7-11(2)15(12)18-16-19-20-17(23-16)22-14-10-5-4-9-13(14)21/h6-8,14H,3-5,9-10H2,1-2H3,(H,18,19)/t14-/m0/s1. The number of carbonyl (C=O) groups is 1. The molecule has 1 aromatic heterocycles. The minimum atomic E-state index is 0.0641. The molecule has 0 saturated heterocycles. The van der Waals surface area contributed by atoms with Gasteiger partial charge >= 0.3 is 0 Å². The van der Waals surface area contributed by atoms with Crippen molar-refractivity contribution in [1.82, 2.24) is 10.2 Å². The van der Waals surface area contributed by atoms with Crippen molar-refractivity contribution in [3.63, 3.8) is 0 Å². The van der Waals surface area contributed by atoms with Gasteiger partial charge in [-0.2, -0.15) is 0 Å². The first-order valence-electron chi connectivity index (χ1n) is 8.05. The zero-order valence-corrected chi connectivity index (χ0v) is 15.1. The number of hydrogen-bond acceptors (Lipinski definition) is 6. The maximum atomic E-state index is 11.9. The Labute approximate surface area is 145 Å². The minimum absolute atomic E-state index is 0.0641. The maximum absolute atomic E-state index is 11.9. The highest BCUT2D eigenvalue weighted by atomic mass is 32.2. The number of ketones is 1. The van der Waals surface area contributed by atoms with Crippen LogP contribution >= 0.6 is 23.1 Å². The van der Waals surface area contributed by atoms with Gasteiger partial charge in [0.2, 0.25) is 5.13 Å². The third kappa shape index (κ3) is 3.93. The summed E-state index contributed by atoms with van der Waals surface area (Å²) in [7, 11) is 0. The lowest BCUT2D eigenvalue weighted by molar-refractivity contribution is -0.119. The first-order chi connectivity index (χ1) is 11.2. The second-order valence-corrected chi connectivity index (χ2v) is 8.21. The number of rotatable bonds is 5. The predicted octanol–water partition coefficient (Wildman–Crippen LogP) is 4.76. The van der Waals surface area contributed by atoms with Crippen molar-refractivity contribution in [1.29, 1.82) is 0 Å². The highest BCUT2D eigenvalue weighted by molar-refractivity contribution is 8.02. The number of thioether (sulfide) groups is 1. The number of hydrogen-bond donors (Lipinski definition) is 1. The molecule has 0 spiro atoms. The Hall–Kier alpha value is -1.40. The molecule has 1 aromatic carbocycles. The van der Waals surface area contributed by atoms with Gasteiger partial charge in [0.05, 0.1) is 5.25 Å². The van der Waals surface area contributed by atoms with Crippen molar-refractivity contribution >= 4 is 39.7 Å². The number of Topliss-reactive ketones (excluding diaryl/α,β-unsaturated/α-hetero) is 1. The molecule has 0 aliphatic heterocycles. The molecule has 4 nitrogen and oxygen atoms in total. The molecular weight excluding hydrogens is 326 g/mol. The van der Waals surface area contributed by atoms with Crippen LogP contribution in [-0.4, -0.2) is 21.2 Å². The van der Waals surface area contributed by atoms with Crippen molar-refractivity contribution in [3.8, 4) is 0 Å². The Morgan fingerprint density at radius 3 is 3.00 bits per heavy atom. The topological polar surface area (TPSA) is 54.9 Å². The van der Waals surface area contributed by atoms with Crippen LogP contribution in [0.15, 0.2) is 22.5 Å². The fourth-order valence-corrected chi connectivity index (χ4v) is 4.94. The third-order valence-electron chi connectivity index (χ3n) is 4.12. The number of nitrogens with one attached hydrogen (secondary N) is 1. The van der Waals surface area contributed by atoms with E-state index in [0.717, 1.165) is 40.8 Å². The van der Waals surface area contributed by atoms with Crippen molar-refractivity contribution in [2.45, 2.75) is 55.5 Å². The van der Waals surface area contributed by atoms with E-state index in [4.69, 9.17) is 0 Å². The average molecular weight is 348 g/mol. The van der Waals surface area contributed by atoms with E-state index in [-0.39, 0.29) is 5.25 Å². The number of carbonyl (C=O) groups excluding carboxylic acids is 1. The fourth-order valence-electron chi connectivity index (χ4n) is 2.81. The number of anilines is 2. The Balaban J connectivity index is 1.71. The lowest BCUT2D eigenvalue weighted by Gasteiger charge is -2.18. The molecule has 3 rings (SSSR count). The van der Waals surface area contributed by atoms with Gasteiger partial charge in [0.25, 0.3) is 0 Å². The Bertz CT molecular complexity index is 699. The predicted molar refractivity (Wildman–Crippen MR) is 96.9 cm³/mol. The van der Waals surface area contributed by atoms with Crippen LogP contribution in [-0.2, 0) is 11.2 Å². The van der Waals surface area contributed by atoms with Gasteiger partial charge in [-0.25, -0.2) is 0 Å². The summed E-state index contributed by atoms with van der Waals surface area (Å²) < 4.78 is 0.874. The van der Waals surface area contributed by atoms with Crippen molar-refractivity contribution < 1.29 is 4.79 Å². The van der Waals surface area contributed by atoms with Crippen LogP contribution in [0.5, 0.6) is 0 Å². The molecular formula is C17H21N3OS2. The zero-order valence-electron chi connectivity index (χ0n) is 13.5. The number of nitrogens with zero attached hydrogens (tertiary/aromatic N) is 2. The van der Waals surface area contributed by atoms with Gasteiger partial charge in [-0.1, -0.05) is 54.6 Å². The average Bonchev–Trinajstić information content (AvgIpc) is 2.99. The summed E-state index contributed by atoms with van der Waals surface area (Å²) in [6.45, 7) is 4.24. The second-order valence-electron chi connectivity index (χ2n) is 5.78. The Morgan fingerprint density at radius 1 is 1.35 bits per heavy atom. The highest BCUT2D eigenvalue weighted by Gasteiger charge is 2.24. The highest BCUT2D eigenvalue weighted by Crippen LogP contribution is 2.36. The summed E-state index contributed by atoms with van der Waals surface area (Å²) in [5.74, 6) is 0.359. The smallest absolute Gasteiger partial charge is 0.210 e. The van der Waals surface area contributed by atoms with Crippen LogP contribution in [0.25, 0.3) is 0 Å². The molecule has 1 aliphatic rings. The quantitative estimate of drug-likeness (QED) is 0.845. The van der Waals surface area contributed by atoms with Crippen molar-refractivity contribution in [2.75, 3.05) is 5.32 Å². The first kappa shape index (κ1) is 16.5. The zero-order chi connectivity index (χ0) is 16.2. The molecule has 1 atom stereocenters. The molecule has 2 aromatic rings.